The summed E-state index contributed by atoms with van der Waals surface area (Å²) in [5.41, 5.74) is 5.65. The van der Waals surface area contributed by atoms with E-state index in [-0.39, 0.29) is 0 Å². The van der Waals surface area contributed by atoms with Crippen LogP contribution in [0.15, 0.2) is 0 Å². The topological polar surface area (TPSA) is 35.2 Å². The van der Waals surface area contributed by atoms with E-state index in [0.717, 1.165) is 19.4 Å². The maximum atomic E-state index is 5.65. The van der Waals surface area contributed by atoms with Crippen LogP contribution in [0.1, 0.15) is 19.8 Å². The highest BCUT2D eigenvalue weighted by molar-refractivity contribution is 4.69. The van der Waals surface area contributed by atoms with Crippen LogP contribution in [0.25, 0.3) is 0 Å². The van der Waals surface area contributed by atoms with Crippen LogP contribution in [-0.4, -0.2) is 18.8 Å². The third-order valence-electron chi connectivity index (χ3n) is 1.53. The average molecular weight is 115 g/mol. The second-order valence-corrected chi connectivity index (χ2v) is 2.47. The van der Waals surface area contributed by atoms with E-state index in [0.29, 0.717) is 12.1 Å². The fourth-order valence-electron chi connectivity index (χ4n) is 1.03. The summed E-state index contributed by atoms with van der Waals surface area (Å²) in [4.78, 5) is 0. The molecular weight excluding hydrogens is 102 g/mol. The summed E-state index contributed by atoms with van der Waals surface area (Å²) in [5, 5.41) is 0. The zero-order valence-electron chi connectivity index (χ0n) is 5.26. The van der Waals surface area contributed by atoms with Gasteiger partial charge in [-0.2, -0.15) is 0 Å². The lowest BCUT2D eigenvalue weighted by molar-refractivity contribution is 0.0200. The van der Waals surface area contributed by atoms with E-state index in [4.69, 9.17) is 10.5 Å². The van der Waals surface area contributed by atoms with E-state index in [9.17, 15) is 0 Å². The fourth-order valence-corrected chi connectivity index (χ4v) is 1.03. The zero-order valence-corrected chi connectivity index (χ0v) is 5.26. The molecule has 1 fully saturated rings. The smallest absolute Gasteiger partial charge is 0.0561 e. The van der Waals surface area contributed by atoms with Crippen molar-refractivity contribution < 1.29 is 4.74 Å². The minimum atomic E-state index is 0.388. The Hall–Kier alpha value is -0.0800. The van der Waals surface area contributed by atoms with Crippen LogP contribution < -0.4 is 5.73 Å². The molecule has 2 nitrogen and oxygen atoms in total. The molecule has 1 unspecified atom stereocenters. The molecule has 0 aromatic carbocycles. The quantitative estimate of drug-likeness (QED) is 0.499. The molecule has 0 amide bonds. The Bertz CT molecular complexity index is 66.9. The number of rotatable bonds is 0. The lowest BCUT2D eigenvalue weighted by Crippen LogP contribution is -2.32. The van der Waals surface area contributed by atoms with Gasteiger partial charge in [0.25, 0.3) is 0 Å². The zero-order chi connectivity index (χ0) is 5.98. The van der Waals surface area contributed by atoms with Crippen LogP contribution in [0.4, 0.5) is 0 Å². The van der Waals surface area contributed by atoms with Gasteiger partial charge in [-0.05, 0) is 19.8 Å². The highest BCUT2D eigenvalue weighted by Crippen LogP contribution is 2.10. The maximum absolute atomic E-state index is 5.65. The Morgan fingerprint density at radius 3 is 2.75 bits per heavy atom. The monoisotopic (exact) mass is 115 g/mol. The molecule has 0 bridgehead atoms. The molecule has 0 aliphatic carbocycles. The first-order valence-corrected chi connectivity index (χ1v) is 3.16. The summed E-state index contributed by atoms with van der Waals surface area (Å²) in [5.74, 6) is 0. The predicted octanol–water partition coefficient (Wildman–Crippen LogP) is 0.513. The van der Waals surface area contributed by atoms with Crippen LogP contribution in [0.5, 0.6) is 0 Å². The van der Waals surface area contributed by atoms with E-state index in [2.05, 4.69) is 6.92 Å². The molecule has 2 atom stereocenters. The van der Waals surface area contributed by atoms with Gasteiger partial charge < -0.3 is 10.5 Å². The van der Waals surface area contributed by atoms with E-state index in [1.807, 2.05) is 0 Å². The second-order valence-electron chi connectivity index (χ2n) is 2.47. The first-order chi connectivity index (χ1) is 3.79. The molecular formula is C6H13NO. The van der Waals surface area contributed by atoms with Crippen LogP contribution in [0.3, 0.4) is 0 Å². The number of ether oxygens (including phenoxy) is 1. The highest BCUT2D eigenvalue weighted by atomic mass is 16.5. The molecule has 1 aliphatic heterocycles. The fraction of sp³-hybridized carbons (Fsp3) is 1.00. The van der Waals surface area contributed by atoms with Crippen LogP contribution in [-0.2, 0) is 4.74 Å². The lowest BCUT2D eigenvalue weighted by Gasteiger charge is -2.23. The van der Waals surface area contributed by atoms with E-state index >= 15 is 0 Å². The lowest BCUT2D eigenvalue weighted by atomic mass is 10.1. The van der Waals surface area contributed by atoms with Gasteiger partial charge in [-0.3, -0.25) is 0 Å². The Morgan fingerprint density at radius 2 is 2.38 bits per heavy atom. The molecule has 0 spiro atoms. The normalized spacial score (nSPS) is 39.8. The van der Waals surface area contributed by atoms with Gasteiger partial charge in [0.15, 0.2) is 0 Å². The van der Waals surface area contributed by atoms with Crippen molar-refractivity contribution in [3.8, 4) is 0 Å². The standard InChI is InChI=1S/C6H13NO/c1-5-4-6(7)2-3-8-5/h5-6H,2-4,7H2,1H3/t5?,6-/m0/s1. The minimum absolute atomic E-state index is 0.388. The molecule has 1 saturated heterocycles. The van der Waals surface area contributed by atoms with Crippen LogP contribution in [0, 0.1) is 0 Å². The molecule has 2 heteroatoms. The van der Waals surface area contributed by atoms with Crippen molar-refractivity contribution in [2.75, 3.05) is 6.61 Å². The van der Waals surface area contributed by atoms with Crippen molar-refractivity contribution in [1.29, 1.82) is 0 Å². The Labute approximate surface area is 50.0 Å². The summed E-state index contributed by atoms with van der Waals surface area (Å²) in [6.45, 7) is 2.92. The van der Waals surface area contributed by atoms with Gasteiger partial charge in [-0.15, -0.1) is 0 Å². The third-order valence-corrected chi connectivity index (χ3v) is 1.53. The molecule has 0 aromatic rings. The van der Waals surface area contributed by atoms with Gasteiger partial charge in [-0.25, -0.2) is 0 Å². The highest BCUT2D eigenvalue weighted by Gasteiger charge is 2.14. The van der Waals surface area contributed by atoms with E-state index < -0.39 is 0 Å². The third kappa shape index (κ3) is 1.46. The predicted molar refractivity (Wildman–Crippen MR) is 32.6 cm³/mol. The minimum Gasteiger partial charge on any atom is -0.378 e. The Balaban J connectivity index is 2.23. The Morgan fingerprint density at radius 1 is 1.62 bits per heavy atom. The first-order valence-electron chi connectivity index (χ1n) is 3.16. The van der Waals surface area contributed by atoms with Gasteiger partial charge in [0.2, 0.25) is 0 Å². The van der Waals surface area contributed by atoms with Crippen LogP contribution in [0.2, 0.25) is 0 Å². The second kappa shape index (κ2) is 2.46. The molecule has 0 aromatic heterocycles. The SMILES string of the molecule is CC1C[C@@H](N)CCO1. The largest absolute Gasteiger partial charge is 0.378 e. The van der Waals surface area contributed by atoms with Crippen molar-refractivity contribution in [2.24, 2.45) is 5.73 Å². The maximum Gasteiger partial charge on any atom is 0.0561 e. The van der Waals surface area contributed by atoms with Crippen molar-refractivity contribution in [2.45, 2.75) is 31.9 Å². The molecule has 48 valence electrons. The van der Waals surface area contributed by atoms with Crippen molar-refractivity contribution in [1.82, 2.24) is 0 Å². The van der Waals surface area contributed by atoms with Gasteiger partial charge >= 0.3 is 0 Å². The number of nitrogens with two attached hydrogens (primary N) is 1. The van der Waals surface area contributed by atoms with Gasteiger partial charge in [0, 0.05) is 12.6 Å². The van der Waals surface area contributed by atoms with Crippen LogP contribution >= 0.6 is 0 Å². The molecule has 0 radical (unpaired) electrons. The van der Waals surface area contributed by atoms with Gasteiger partial charge in [0.1, 0.15) is 0 Å². The molecule has 0 saturated carbocycles. The molecule has 1 heterocycles. The number of hydrogen-bond donors (Lipinski definition) is 1. The summed E-state index contributed by atoms with van der Waals surface area (Å²) >= 11 is 0. The molecule has 2 N–H and O–H groups in total. The summed E-state index contributed by atoms with van der Waals surface area (Å²) in [6, 6.07) is 0.388. The molecule has 8 heavy (non-hydrogen) atoms. The summed E-state index contributed by atoms with van der Waals surface area (Å²) < 4.78 is 5.27. The summed E-state index contributed by atoms with van der Waals surface area (Å²) in [6.07, 6.45) is 2.45. The van der Waals surface area contributed by atoms with Gasteiger partial charge in [0.05, 0.1) is 6.10 Å². The molecule has 1 rings (SSSR count). The van der Waals surface area contributed by atoms with E-state index in [1.54, 1.807) is 0 Å². The molecule has 1 aliphatic rings. The van der Waals surface area contributed by atoms with Crippen molar-refractivity contribution in [3.63, 3.8) is 0 Å². The summed E-state index contributed by atoms with van der Waals surface area (Å²) in [7, 11) is 0. The Kier molecular flexibility index (Phi) is 1.86. The number of hydrogen-bond acceptors (Lipinski definition) is 2. The first kappa shape index (κ1) is 6.05. The van der Waals surface area contributed by atoms with Crippen molar-refractivity contribution in [3.05, 3.63) is 0 Å². The average Bonchev–Trinajstić information content (AvgIpc) is 1.64. The van der Waals surface area contributed by atoms with Gasteiger partial charge in [-0.1, -0.05) is 0 Å². The van der Waals surface area contributed by atoms with E-state index in [1.165, 1.54) is 0 Å². The van der Waals surface area contributed by atoms with Crippen molar-refractivity contribution >= 4 is 0 Å².